The fourth-order valence-corrected chi connectivity index (χ4v) is 3.84. The molecule has 4 unspecified atom stereocenters. The van der Waals surface area contributed by atoms with Crippen molar-refractivity contribution in [2.45, 2.75) is 70.2 Å². The molecular formula is C14H25NO3. The van der Waals surface area contributed by atoms with E-state index in [1.807, 2.05) is 0 Å². The first-order chi connectivity index (χ1) is 8.52. The Kier molecular flexibility index (Phi) is 4.28. The average molecular weight is 255 g/mol. The van der Waals surface area contributed by atoms with Crippen molar-refractivity contribution >= 4 is 5.97 Å². The van der Waals surface area contributed by atoms with Crippen LogP contribution < -0.4 is 0 Å². The maximum Gasteiger partial charge on any atom is 0.303 e. The lowest BCUT2D eigenvalue weighted by Gasteiger charge is -2.43. The average Bonchev–Trinajstić information content (AvgIpc) is 2.58. The molecule has 4 heteroatoms. The number of piperidine rings is 1. The molecule has 0 aliphatic carbocycles. The first-order valence-electron chi connectivity index (χ1n) is 7.05. The third kappa shape index (κ3) is 2.69. The highest BCUT2D eigenvalue weighted by Crippen LogP contribution is 2.41. The predicted octanol–water partition coefficient (Wildman–Crippen LogP) is 2.13. The summed E-state index contributed by atoms with van der Waals surface area (Å²) >= 11 is 0. The molecule has 18 heavy (non-hydrogen) atoms. The van der Waals surface area contributed by atoms with Crippen LogP contribution in [0.25, 0.3) is 0 Å². The van der Waals surface area contributed by atoms with Crippen molar-refractivity contribution in [3.8, 4) is 0 Å². The second-order valence-electron chi connectivity index (χ2n) is 5.95. The Labute approximate surface area is 109 Å². The Balaban J connectivity index is 1.99. The van der Waals surface area contributed by atoms with Crippen LogP contribution in [0, 0.1) is 5.92 Å². The van der Waals surface area contributed by atoms with E-state index in [9.17, 15) is 4.79 Å². The van der Waals surface area contributed by atoms with E-state index in [4.69, 9.17) is 9.84 Å². The van der Waals surface area contributed by atoms with Gasteiger partial charge in [0, 0.05) is 31.7 Å². The van der Waals surface area contributed by atoms with Crippen LogP contribution in [-0.4, -0.2) is 47.3 Å². The quantitative estimate of drug-likeness (QED) is 0.817. The minimum Gasteiger partial charge on any atom is -0.481 e. The summed E-state index contributed by atoms with van der Waals surface area (Å²) < 4.78 is 5.45. The van der Waals surface area contributed by atoms with Gasteiger partial charge in [0.15, 0.2) is 0 Å². The van der Waals surface area contributed by atoms with Crippen molar-refractivity contribution in [2.75, 3.05) is 7.11 Å². The van der Waals surface area contributed by atoms with Crippen molar-refractivity contribution in [1.29, 1.82) is 0 Å². The van der Waals surface area contributed by atoms with Gasteiger partial charge >= 0.3 is 5.97 Å². The molecule has 4 atom stereocenters. The number of hydrogen-bond acceptors (Lipinski definition) is 3. The minimum absolute atomic E-state index is 0.240. The molecule has 0 aromatic rings. The number of hydrogen-bond donors (Lipinski definition) is 1. The van der Waals surface area contributed by atoms with Crippen LogP contribution in [-0.2, 0) is 9.53 Å². The van der Waals surface area contributed by atoms with E-state index >= 15 is 0 Å². The SMILES string of the molecule is COC(C)C(C)N1C2CCC1CC(CC(=O)O)C2. The van der Waals surface area contributed by atoms with E-state index in [1.165, 1.54) is 12.8 Å². The topological polar surface area (TPSA) is 49.8 Å². The number of ether oxygens (including phenoxy) is 1. The lowest BCUT2D eigenvalue weighted by atomic mass is 9.87. The zero-order chi connectivity index (χ0) is 13.3. The molecule has 1 N–H and O–H groups in total. The van der Waals surface area contributed by atoms with Gasteiger partial charge in [-0.15, -0.1) is 0 Å². The van der Waals surface area contributed by atoms with Crippen LogP contribution in [0.4, 0.5) is 0 Å². The molecule has 0 radical (unpaired) electrons. The zero-order valence-electron chi connectivity index (χ0n) is 11.6. The second-order valence-corrected chi connectivity index (χ2v) is 5.95. The molecule has 0 aromatic heterocycles. The fourth-order valence-electron chi connectivity index (χ4n) is 3.84. The van der Waals surface area contributed by atoms with Crippen LogP contribution in [0.1, 0.15) is 46.0 Å². The molecule has 2 saturated heterocycles. The van der Waals surface area contributed by atoms with Gasteiger partial charge in [-0.25, -0.2) is 0 Å². The van der Waals surface area contributed by atoms with Gasteiger partial charge in [0.2, 0.25) is 0 Å². The van der Waals surface area contributed by atoms with Crippen LogP contribution >= 0.6 is 0 Å². The van der Waals surface area contributed by atoms with Gasteiger partial charge in [-0.05, 0) is 45.4 Å². The van der Waals surface area contributed by atoms with Crippen LogP contribution in [0.3, 0.4) is 0 Å². The number of carbonyl (C=O) groups is 1. The normalized spacial score (nSPS) is 35.4. The van der Waals surface area contributed by atoms with E-state index in [1.54, 1.807) is 7.11 Å². The highest BCUT2D eigenvalue weighted by molar-refractivity contribution is 5.67. The molecule has 0 spiro atoms. The predicted molar refractivity (Wildman–Crippen MR) is 69.6 cm³/mol. The van der Waals surface area contributed by atoms with E-state index < -0.39 is 5.97 Å². The smallest absolute Gasteiger partial charge is 0.303 e. The summed E-state index contributed by atoms with van der Waals surface area (Å²) in [5, 5.41) is 8.93. The molecule has 2 fully saturated rings. The van der Waals surface area contributed by atoms with E-state index in [2.05, 4.69) is 18.7 Å². The molecule has 4 nitrogen and oxygen atoms in total. The van der Waals surface area contributed by atoms with Crippen molar-refractivity contribution < 1.29 is 14.6 Å². The summed E-state index contributed by atoms with van der Waals surface area (Å²) in [6, 6.07) is 1.57. The Hall–Kier alpha value is -0.610. The van der Waals surface area contributed by atoms with Gasteiger partial charge in [-0.1, -0.05) is 0 Å². The van der Waals surface area contributed by atoms with Gasteiger partial charge in [0.05, 0.1) is 6.10 Å². The molecular weight excluding hydrogens is 230 g/mol. The Morgan fingerprint density at radius 2 is 1.89 bits per heavy atom. The Morgan fingerprint density at radius 3 is 2.33 bits per heavy atom. The number of methoxy groups -OCH3 is 1. The molecule has 104 valence electrons. The van der Waals surface area contributed by atoms with Crippen LogP contribution in [0.15, 0.2) is 0 Å². The first-order valence-corrected chi connectivity index (χ1v) is 7.05. The number of carboxylic acid groups (broad SMARTS) is 1. The number of rotatable bonds is 5. The highest BCUT2D eigenvalue weighted by Gasteiger charge is 2.44. The standard InChI is InChI=1S/C14H25NO3/c1-9(10(2)18-3)15-12-4-5-13(15)7-11(6-12)8-14(16)17/h9-13H,4-8H2,1-3H3,(H,16,17). The first kappa shape index (κ1) is 13.8. The number of carboxylic acids is 1. The highest BCUT2D eigenvalue weighted by atomic mass is 16.5. The second kappa shape index (κ2) is 5.57. The molecule has 0 saturated carbocycles. The minimum atomic E-state index is -0.647. The van der Waals surface area contributed by atoms with Gasteiger partial charge in [0.25, 0.3) is 0 Å². The number of nitrogens with zero attached hydrogens (tertiary/aromatic N) is 1. The van der Waals surface area contributed by atoms with Gasteiger partial charge < -0.3 is 9.84 Å². The van der Waals surface area contributed by atoms with Crippen molar-refractivity contribution in [3.05, 3.63) is 0 Å². The Bertz CT molecular complexity index is 293. The maximum absolute atomic E-state index is 10.8. The lowest BCUT2D eigenvalue weighted by molar-refractivity contribution is -0.138. The summed E-state index contributed by atoms with van der Waals surface area (Å²) in [5.74, 6) is -0.271. The van der Waals surface area contributed by atoms with Crippen LogP contribution in [0.5, 0.6) is 0 Å². The molecule has 2 bridgehead atoms. The molecule has 0 amide bonds. The summed E-state index contributed by atoms with van der Waals surface area (Å²) in [5.41, 5.74) is 0. The number of fused-ring (bicyclic) bond motifs is 2. The summed E-state index contributed by atoms with van der Waals surface area (Å²) in [6.45, 7) is 4.35. The largest absolute Gasteiger partial charge is 0.481 e. The van der Waals surface area contributed by atoms with E-state index in [0.717, 1.165) is 12.8 Å². The third-order valence-corrected chi connectivity index (χ3v) is 4.87. The van der Waals surface area contributed by atoms with Crippen LogP contribution in [0.2, 0.25) is 0 Å². The molecule has 2 aliphatic heterocycles. The molecule has 2 rings (SSSR count). The van der Waals surface area contributed by atoms with Crippen molar-refractivity contribution in [3.63, 3.8) is 0 Å². The summed E-state index contributed by atoms with van der Waals surface area (Å²) in [7, 11) is 1.76. The van der Waals surface area contributed by atoms with E-state index in [0.29, 0.717) is 30.5 Å². The Morgan fingerprint density at radius 1 is 1.33 bits per heavy atom. The maximum atomic E-state index is 10.8. The zero-order valence-corrected chi connectivity index (χ0v) is 11.6. The lowest BCUT2D eigenvalue weighted by Crippen LogP contribution is -2.51. The fraction of sp³-hybridized carbons (Fsp3) is 0.929. The summed E-state index contributed by atoms with van der Waals surface area (Å²) in [6.07, 6.45) is 5.12. The molecule has 2 aliphatic rings. The summed E-state index contributed by atoms with van der Waals surface area (Å²) in [4.78, 5) is 13.4. The monoisotopic (exact) mass is 255 g/mol. The van der Waals surface area contributed by atoms with Crippen molar-refractivity contribution in [2.24, 2.45) is 5.92 Å². The van der Waals surface area contributed by atoms with Gasteiger partial charge in [0.1, 0.15) is 0 Å². The van der Waals surface area contributed by atoms with E-state index in [-0.39, 0.29) is 6.10 Å². The number of aliphatic carboxylic acids is 1. The van der Waals surface area contributed by atoms with Crippen molar-refractivity contribution in [1.82, 2.24) is 4.90 Å². The third-order valence-electron chi connectivity index (χ3n) is 4.87. The van der Waals surface area contributed by atoms with Gasteiger partial charge in [-0.3, -0.25) is 9.69 Å². The van der Waals surface area contributed by atoms with Gasteiger partial charge in [-0.2, -0.15) is 0 Å². The molecule has 0 aromatic carbocycles. The molecule has 2 heterocycles.